The molecule has 16 heavy (non-hydrogen) atoms. The van der Waals surface area contributed by atoms with Gasteiger partial charge in [0.2, 0.25) is 0 Å². The quantitative estimate of drug-likeness (QED) is 0.894. The van der Waals surface area contributed by atoms with E-state index < -0.39 is 5.60 Å². The van der Waals surface area contributed by atoms with Crippen molar-refractivity contribution in [1.29, 1.82) is 0 Å². The molecule has 0 aromatic heterocycles. The second-order valence-electron chi connectivity index (χ2n) is 4.60. The molecule has 2 rings (SSSR count). The Labute approximate surface area is 105 Å². The van der Waals surface area contributed by atoms with Crippen molar-refractivity contribution < 1.29 is 5.11 Å². The third-order valence-electron chi connectivity index (χ3n) is 3.30. The van der Waals surface area contributed by atoms with Crippen LogP contribution in [0.15, 0.2) is 28.7 Å². The molecule has 0 aliphatic carbocycles. The number of aryl methyl sites for hydroxylation is 1. The van der Waals surface area contributed by atoms with Crippen LogP contribution in [0.25, 0.3) is 0 Å². The van der Waals surface area contributed by atoms with E-state index in [2.05, 4.69) is 33.4 Å². The summed E-state index contributed by atoms with van der Waals surface area (Å²) in [5, 5.41) is 13.6. The molecule has 2 N–H and O–H groups in total. The zero-order chi connectivity index (χ0) is 11.4. The van der Waals surface area contributed by atoms with Gasteiger partial charge in [-0.05, 0) is 56.5 Å². The summed E-state index contributed by atoms with van der Waals surface area (Å²) in [5.41, 5.74) is 0.842. The number of hydrogen-bond acceptors (Lipinski definition) is 2. The number of benzene rings is 1. The summed E-state index contributed by atoms with van der Waals surface area (Å²) in [7, 11) is 0. The van der Waals surface area contributed by atoms with Crippen molar-refractivity contribution in [3.8, 4) is 0 Å². The number of rotatable bonds is 3. The average Bonchev–Trinajstić information content (AvgIpc) is 2.28. The van der Waals surface area contributed by atoms with Crippen LogP contribution < -0.4 is 5.32 Å². The predicted molar refractivity (Wildman–Crippen MR) is 69.5 cm³/mol. The molecule has 0 bridgehead atoms. The summed E-state index contributed by atoms with van der Waals surface area (Å²) >= 11 is 3.47. The van der Waals surface area contributed by atoms with Gasteiger partial charge in [0.25, 0.3) is 0 Å². The minimum atomic E-state index is -0.451. The molecule has 1 fully saturated rings. The van der Waals surface area contributed by atoms with Crippen LogP contribution in [0.5, 0.6) is 0 Å². The van der Waals surface area contributed by atoms with Gasteiger partial charge in [-0.15, -0.1) is 0 Å². The van der Waals surface area contributed by atoms with Gasteiger partial charge in [0, 0.05) is 4.47 Å². The van der Waals surface area contributed by atoms with Crippen molar-refractivity contribution in [3.05, 3.63) is 34.3 Å². The molecule has 0 radical (unpaired) electrons. The van der Waals surface area contributed by atoms with Crippen LogP contribution in [-0.4, -0.2) is 23.8 Å². The first-order valence-corrected chi connectivity index (χ1v) is 6.65. The van der Waals surface area contributed by atoms with Gasteiger partial charge < -0.3 is 10.4 Å². The molecular weight excluding hydrogens is 266 g/mol. The van der Waals surface area contributed by atoms with Crippen LogP contribution in [0.1, 0.15) is 24.8 Å². The van der Waals surface area contributed by atoms with E-state index in [1.165, 1.54) is 5.56 Å². The van der Waals surface area contributed by atoms with Crippen molar-refractivity contribution in [2.75, 3.05) is 13.1 Å². The zero-order valence-corrected chi connectivity index (χ0v) is 11.0. The van der Waals surface area contributed by atoms with Crippen LogP contribution in [0.4, 0.5) is 0 Å². The van der Waals surface area contributed by atoms with E-state index in [1.54, 1.807) is 0 Å². The Bertz CT molecular complexity index is 348. The Hall–Kier alpha value is -0.380. The van der Waals surface area contributed by atoms with Gasteiger partial charge in [0.1, 0.15) is 0 Å². The van der Waals surface area contributed by atoms with Crippen LogP contribution in [0, 0.1) is 0 Å². The lowest BCUT2D eigenvalue weighted by atomic mass is 9.86. The van der Waals surface area contributed by atoms with E-state index in [1.807, 2.05) is 12.1 Å². The normalized spacial score (nSPS) is 19.6. The predicted octanol–water partition coefficient (Wildman–Crippen LogP) is 2.50. The van der Waals surface area contributed by atoms with Gasteiger partial charge in [-0.25, -0.2) is 0 Å². The highest BCUT2D eigenvalue weighted by Crippen LogP contribution is 2.24. The van der Waals surface area contributed by atoms with Crippen molar-refractivity contribution in [2.24, 2.45) is 0 Å². The Morgan fingerprint density at radius 1 is 1.31 bits per heavy atom. The van der Waals surface area contributed by atoms with Gasteiger partial charge in [-0.1, -0.05) is 28.1 Å². The van der Waals surface area contributed by atoms with E-state index in [4.69, 9.17) is 0 Å². The molecular formula is C13H18BrNO. The fraction of sp³-hybridized carbons (Fsp3) is 0.538. The van der Waals surface area contributed by atoms with Gasteiger partial charge in [-0.2, -0.15) is 0 Å². The monoisotopic (exact) mass is 283 g/mol. The number of hydrogen-bond donors (Lipinski definition) is 2. The summed E-state index contributed by atoms with van der Waals surface area (Å²) < 4.78 is 1.11. The number of halogens is 1. The number of aliphatic hydroxyl groups is 1. The molecule has 0 saturated carbocycles. The first kappa shape index (κ1) is 12.1. The number of nitrogens with one attached hydrogen (secondary N) is 1. The Kier molecular flexibility index (Phi) is 4.00. The van der Waals surface area contributed by atoms with Crippen molar-refractivity contribution >= 4 is 15.9 Å². The van der Waals surface area contributed by atoms with Gasteiger partial charge in [0.05, 0.1) is 5.60 Å². The van der Waals surface area contributed by atoms with Crippen molar-refractivity contribution in [3.63, 3.8) is 0 Å². The van der Waals surface area contributed by atoms with E-state index in [9.17, 15) is 5.11 Å². The molecule has 88 valence electrons. The summed E-state index contributed by atoms with van der Waals surface area (Å²) in [5.74, 6) is 0. The van der Waals surface area contributed by atoms with Crippen molar-refractivity contribution in [1.82, 2.24) is 5.32 Å². The maximum absolute atomic E-state index is 10.4. The molecule has 1 aromatic carbocycles. The molecule has 3 heteroatoms. The highest BCUT2D eigenvalue weighted by Gasteiger charge is 2.28. The molecule has 0 unspecified atom stereocenters. The minimum absolute atomic E-state index is 0.451. The first-order chi connectivity index (χ1) is 7.68. The van der Waals surface area contributed by atoms with Gasteiger partial charge in [-0.3, -0.25) is 0 Å². The molecule has 0 atom stereocenters. The minimum Gasteiger partial charge on any atom is -0.390 e. The zero-order valence-electron chi connectivity index (χ0n) is 9.38. The second kappa shape index (κ2) is 5.30. The van der Waals surface area contributed by atoms with Crippen LogP contribution >= 0.6 is 15.9 Å². The smallest absolute Gasteiger partial charge is 0.0675 e. The average molecular weight is 284 g/mol. The van der Waals surface area contributed by atoms with Crippen LogP contribution in [0.2, 0.25) is 0 Å². The molecule has 1 saturated heterocycles. The first-order valence-electron chi connectivity index (χ1n) is 5.86. The third-order valence-corrected chi connectivity index (χ3v) is 3.80. The molecule has 1 aliphatic rings. The molecule has 1 heterocycles. The summed E-state index contributed by atoms with van der Waals surface area (Å²) in [6.45, 7) is 1.88. The van der Waals surface area contributed by atoms with E-state index in [0.717, 1.165) is 43.2 Å². The molecule has 0 amide bonds. The highest BCUT2D eigenvalue weighted by molar-refractivity contribution is 9.10. The topological polar surface area (TPSA) is 32.3 Å². The van der Waals surface area contributed by atoms with Crippen LogP contribution in [-0.2, 0) is 6.42 Å². The molecule has 2 nitrogen and oxygen atoms in total. The fourth-order valence-corrected chi connectivity index (χ4v) is 2.66. The third kappa shape index (κ3) is 3.30. The summed E-state index contributed by atoms with van der Waals surface area (Å²) in [6.07, 6.45) is 3.57. The van der Waals surface area contributed by atoms with Gasteiger partial charge in [0.15, 0.2) is 0 Å². The standard InChI is InChI=1S/C13H18BrNO/c14-12-3-1-2-11(10-12)4-5-13(16)6-8-15-9-7-13/h1-3,10,15-16H,4-9H2. The van der Waals surface area contributed by atoms with E-state index in [0.29, 0.717) is 0 Å². The number of piperidine rings is 1. The summed E-state index contributed by atoms with van der Waals surface area (Å²) in [4.78, 5) is 0. The lowest BCUT2D eigenvalue weighted by Crippen LogP contribution is -2.42. The molecule has 0 spiro atoms. The van der Waals surface area contributed by atoms with Crippen LogP contribution in [0.3, 0.4) is 0 Å². The van der Waals surface area contributed by atoms with Gasteiger partial charge >= 0.3 is 0 Å². The molecule has 1 aliphatic heterocycles. The molecule has 1 aromatic rings. The maximum atomic E-state index is 10.4. The highest BCUT2D eigenvalue weighted by atomic mass is 79.9. The largest absolute Gasteiger partial charge is 0.390 e. The SMILES string of the molecule is OC1(CCc2cccc(Br)c2)CCNCC1. The second-order valence-corrected chi connectivity index (χ2v) is 5.52. The Balaban J connectivity index is 1.91. The van der Waals surface area contributed by atoms with E-state index in [-0.39, 0.29) is 0 Å². The lowest BCUT2D eigenvalue weighted by Gasteiger charge is -2.32. The lowest BCUT2D eigenvalue weighted by molar-refractivity contribution is 0.00281. The Morgan fingerprint density at radius 3 is 2.75 bits per heavy atom. The fourth-order valence-electron chi connectivity index (χ4n) is 2.21. The van der Waals surface area contributed by atoms with E-state index >= 15 is 0 Å². The maximum Gasteiger partial charge on any atom is 0.0675 e. The Morgan fingerprint density at radius 2 is 2.06 bits per heavy atom. The summed E-state index contributed by atoms with van der Waals surface area (Å²) in [6, 6.07) is 8.33. The van der Waals surface area contributed by atoms with Crippen molar-refractivity contribution in [2.45, 2.75) is 31.3 Å².